The van der Waals surface area contributed by atoms with Crippen molar-refractivity contribution in [3.8, 4) is 0 Å². The SMILES string of the molecule is CCCC/C=C\CCCCCCCC(=O)O[C@H](COC(=O)CCC/C=C/C/C=C\C[C@H](O)/C=C\C=C/CCCCC)COP(=O)(O)O. The molecule has 10 heteroatoms. The Labute approximate surface area is 284 Å². The van der Waals surface area contributed by atoms with Crippen LogP contribution in [0.3, 0.4) is 0 Å². The van der Waals surface area contributed by atoms with E-state index in [9.17, 15) is 19.3 Å². The summed E-state index contributed by atoms with van der Waals surface area (Å²) in [5, 5.41) is 10.00. The maximum absolute atomic E-state index is 12.3. The number of aliphatic hydroxyl groups is 1. The average molecular weight is 683 g/mol. The smallest absolute Gasteiger partial charge is 0.462 e. The number of carbonyl (C=O) groups is 2. The summed E-state index contributed by atoms with van der Waals surface area (Å²) >= 11 is 0. The minimum Gasteiger partial charge on any atom is -0.462 e. The fourth-order valence-electron chi connectivity index (χ4n) is 4.37. The molecule has 2 atom stereocenters. The molecular weight excluding hydrogens is 619 g/mol. The van der Waals surface area contributed by atoms with Crippen molar-refractivity contribution in [3.05, 3.63) is 60.8 Å². The third-order valence-corrected chi connectivity index (χ3v) is 7.57. The van der Waals surface area contributed by atoms with Crippen LogP contribution in [0.5, 0.6) is 0 Å². The molecule has 0 fully saturated rings. The molecule has 47 heavy (non-hydrogen) atoms. The predicted octanol–water partition coefficient (Wildman–Crippen LogP) is 9.14. The van der Waals surface area contributed by atoms with Crippen LogP contribution >= 0.6 is 7.82 Å². The lowest BCUT2D eigenvalue weighted by atomic mass is 10.1. The first kappa shape index (κ1) is 44.7. The third kappa shape index (κ3) is 34.9. The van der Waals surface area contributed by atoms with E-state index in [2.05, 4.69) is 36.6 Å². The Morgan fingerprint density at radius 3 is 2.00 bits per heavy atom. The zero-order valence-corrected chi connectivity index (χ0v) is 29.9. The summed E-state index contributed by atoms with van der Waals surface area (Å²) in [6, 6.07) is 0. The zero-order chi connectivity index (χ0) is 34.9. The number of phosphoric acid groups is 1. The molecule has 0 spiro atoms. The van der Waals surface area contributed by atoms with Gasteiger partial charge in [0.1, 0.15) is 6.61 Å². The monoisotopic (exact) mass is 682 g/mol. The summed E-state index contributed by atoms with van der Waals surface area (Å²) in [5.74, 6) is -1.01. The number of carbonyl (C=O) groups excluding carboxylic acids is 2. The van der Waals surface area contributed by atoms with Crippen molar-refractivity contribution >= 4 is 19.8 Å². The maximum atomic E-state index is 12.3. The molecule has 0 aromatic heterocycles. The van der Waals surface area contributed by atoms with E-state index in [0.29, 0.717) is 25.7 Å². The van der Waals surface area contributed by atoms with E-state index < -0.39 is 38.6 Å². The van der Waals surface area contributed by atoms with Crippen LogP contribution in [0.4, 0.5) is 0 Å². The van der Waals surface area contributed by atoms with Crippen LogP contribution in [0.2, 0.25) is 0 Å². The highest BCUT2D eigenvalue weighted by Gasteiger charge is 2.22. The Bertz CT molecular complexity index is 965. The highest BCUT2D eigenvalue weighted by Crippen LogP contribution is 2.35. The molecule has 0 heterocycles. The van der Waals surface area contributed by atoms with Gasteiger partial charge in [0, 0.05) is 12.8 Å². The summed E-state index contributed by atoms with van der Waals surface area (Å²) in [5.41, 5.74) is 0. The Morgan fingerprint density at radius 1 is 0.660 bits per heavy atom. The van der Waals surface area contributed by atoms with E-state index >= 15 is 0 Å². The Balaban J connectivity index is 4.19. The van der Waals surface area contributed by atoms with E-state index in [1.165, 1.54) is 32.1 Å². The molecular formula is C37H63O9P. The van der Waals surface area contributed by atoms with Crippen LogP contribution in [0.25, 0.3) is 0 Å². The summed E-state index contributed by atoms with van der Waals surface area (Å²) in [7, 11) is -4.78. The van der Waals surface area contributed by atoms with Gasteiger partial charge in [-0.3, -0.25) is 14.1 Å². The second kappa shape index (κ2) is 32.3. The molecule has 0 saturated heterocycles. The molecule has 270 valence electrons. The Kier molecular flexibility index (Phi) is 30.7. The quantitative estimate of drug-likeness (QED) is 0.0215. The zero-order valence-electron chi connectivity index (χ0n) is 29.0. The van der Waals surface area contributed by atoms with E-state index in [-0.39, 0.29) is 19.4 Å². The van der Waals surface area contributed by atoms with Crippen molar-refractivity contribution in [2.45, 2.75) is 148 Å². The number of esters is 2. The van der Waals surface area contributed by atoms with Crippen molar-refractivity contribution < 1.29 is 43.0 Å². The molecule has 0 rings (SSSR count). The van der Waals surface area contributed by atoms with Crippen LogP contribution in [0, 0.1) is 0 Å². The van der Waals surface area contributed by atoms with E-state index in [1.807, 2.05) is 36.5 Å². The molecule has 0 aliphatic rings. The molecule has 0 amide bonds. The first-order chi connectivity index (χ1) is 22.7. The van der Waals surface area contributed by atoms with Gasteiger partial charge in [-0.15, -0.1) is 0 Å². The fraction of sp³-hybridized carbons (Fsp3) is 0.676. The number of aliphatic hydroxyl groups excluding tert-OH is 1. The summed E-state index contributed by atoms with van der Waals surface area (Å²) < 4.78 is 26.1. The van der Waals surface area contributed by atoms with Crippen molar-refractivity contribution in [1.82, 2.24) is 0 Å². The Hall–Kier alpha value is -2.29. The second-order valence-electron chi connectivity index (χ2n) is 11.7. The van der Waals surface area contributed by atoms with E-state index in [4.69, 9.17) is 19.3 Å². The number of phosphoric ester groups is 1. The maximum Gasteiger partial charge on any atom is 0.469 e. The number of hydrogen-bond acceptors (Lipinski definition) is 7. The molecule has 0 aromatic rings. The largest absolute Gasteiger partial charge is 0.469 e. The molecule has 3 N–H and O–H groups in total. The van der Waals surface area contributed by atoms with Crippen molar-refractivity contribution in [3.63, 3.8) is 0 Å². The highest BCUT2D eigenvalue weighted by atomic mass is 31.2. The topological polar surface area (TPSA) is 140 Å². The second-order valence-corrected chi connectivity index (χ2v) is 12.9. The number of ether oxygens (including phenoxy) is 2. The van der Waals surface area contributed by atoms with Gasteiger partial charge in [0.2, 0.25) is 0 Å². The van der Waals surface area contributed by atoms with Gasteiger partial charge >= 0.3 is 19.8 Å². The normalized spacial score (nSPS) is 13.9. The predicted molar refractivity (Wildman–Crippen MR) is 190 cm³/mol. The van der Waals surface area contributed by atoms with Crippen molar-refractivity contribution in [2.24, 2.45) is 0 Å². The van der Waals surface area contributed by atoms with Gasteiger partial charge in [0.05, 0.1) is 12.7 Å². The lowest BCUT2D eigenvalue weighted by Crippen LogP contribution is -2.29. The van der Waals surface area contributed by atoms with Crippen LogP contribution in [-0.4, -0.2) is 52.3 Å². The molecule has 0 saturated carbocycles. The molecule has 0 radical (unpaired) electrons. The number of unbranched alkanes of at least 4 members (excludes halogenated alkanes) is 11. The standard InChI is InChI=1S/C37H63O9P/c1-3-5-7-9-11-12-13-14-18-23-27-31-37(40)46-35(33-45-47(41,42)43)32-44-36(39)30-26-22-19-15-17-21-25-29-34(38)28-24-20-16-10-8-6-4-2/h9,11,15-16,19-21,24-25,28,34-35,38H,3-8,10,12-14,17-18,22-23,26-27,29-33H2,1-2H3,(H2,41,42,43)/b11-9-,19-15+,20-16-,25-21-,28-24-/t34-,35-/m1/s1. The van der Waals surface area contributed by atoms with Gasteiger partial charge in [0.15, 0.2) is 6.10 Å². The first-order valence-corrected chi connectivity index (χ1v) is 19.2. The lowest BCUT2D eigenvalue weighted by molar-refractivity contribution is -0.161. The summed E-state index contributed by atoms with van der Waals surface area (Å²) in [6.45, 7) is 3.45. The van der Waals surface area contributed by atoms with Crippen LogP contribution in [0.1, 0.15) is 136 Å². The lowest BCUT2D eigenvalue weighted by Gasteiger charge is -2.18. The molecule has 0 aliphatic carbocycles. The molecule has 9 nitrogen and oxygen atoms in total. The van der Waals surface area contributed by atoms with E-state index in [0.717, 1.165) is 51.4 Å². The van der Waals surface area contributed by atoms with Gasteiger partial charge in [-0.1, -0.05) is 120 Å². The molecule has 0 aromatic carbocycles. The van der Waals surface area contributed by atoms with Gasteiger partial charge in [-0.05, 0) is 64.2 Å². The minimum absolute atomic E-state index is 0.153. The van der Waals surface area contributed by atoms with Gasteiger partial charge in [0.25, 0.3) is 0 Å². The average Bonchev–Trinajstić information content (AvgIpc) is 3.03. The van der Waals surface area contributed by atoms with Gasteiger partial charge in [-0.2, -0.15) is 0 Å². The van der Waals surface area contributed by atoms with Gasteiger partial charge in [-0.25, -0.2) is 4.57 Å². The fourth-order valence-corrected chi connectivity index (χ4v) is 4.73. The molecule has 0 bridgehead atoms. The summed E-state index contributed by atoms with van der Waals surface area (Å²) in [6.07, 6.45) is 35.5. The Morgan fingerprint density at radius 2 is 1.26 bits per heavy atom. The highest BCUT2D eigenvalue weighted by molar-refractivity contribution is 7.46. The van der Waals surface area contributed by atoms with E-state index in [1.54, 1.807) is 6.08 Å². The van der Waals surface area contributed by atoms with Crippen molar-refractivity contribution in [2.75, 3.05) is 13.2 Å². The number of rotatable bonds is 31. The first-order valence-electron chi connectivity index (χ1n) is 17.7. The van der Waals surface area contributed by atoms with Crippen LogP contribution in [0.15, 0.2) is 60.8 Å². The number of allylic oxidation sites excluding steroid dienone is 8. The van der Waals surface area contributed by atoms with Crippen molar-refractivity contribution in [1.29, 1.82) is 0 Å². The van der Waals surface area contributed by atoms with Crippen LogP contribution in [-0.2, 0) is 28.2 Å². The molecule has 0 aliphatic heterocycles. The number of hydrogen-bond donors (Lipinski definition) is 3. The summed E-state index contributed by atoms with van der Waals surface area (Å²) in [4.78, 5) is 42.5. The minimum atomic E-state index is -4.78. The third-order valence-electron chi connectivity index (χ3n) is 7.09. The van der Waals surface area contributed by atoms with Crippen LogP contribution < -0.4 is 0 Å². The molecule has 0 unspecified atom stereocenters. The van der Waals surface area contributed by atoms with Gasteiger partial charge < -0.3 is 24.4 Å².